The van der Waals surface area contributed by atoms with E-state index in [4.69, 9.17) is 4.52 Å². The van der Waals surface area contributed by atoms with Crippen LogP contribution >= 0.6 is 11.8 Å². The molecule has 2 aliphatic rings. The molecular formula is C15H25N3OS. The molecule has 20 heavy (non-hydrogen) atoms. The molecule has 1 aromatic rings. The lowest BCUT2D eigenvalue weighted by molar-refractivity contribution is 0.158. The van der Waals surface area contributed by atoms with Crippen LogP contribution in [0.15, 0.2) is 4.52 Å². The van der Waals surface area contributed by atoms with E-state index in [2.05, 4.69) is 22.4 Å². The molecule has 0 amide bonds. The third kappa shape index (κ3) is 3.37. The Morgan fingerprint density at radius 3 is 3.05 bits per heavy atom. The first-order valence-electron chi connectivity index (χ1n) is 8.03. The molecule has 0 radical (unpaired) electrons. The van der Waals surface area contributed by atoms with E-state index in [9.17, 15) is 0 Å². The Labute approximate surface area is 125 Å². The molecule has 3 rings (SSSR count). The average molecular weight is 295 g/mol. The number of hydrogen-bond donors (Lipinski definition) is 1. The number of hydrogen-bond acceptors (Lipinski definition) is 5. The van der Waals surface area contributed by atoms with Gasteiger partial charge in [0, 0.05) is 6.04 Å². The largest absolute Gasteiger partial charge is 0.338 e. The number of fused-ring (bicyclic) bond motifs is 1. The van der Waals surface area contributed by atoms with E-state index in [1.54, 1.807) is 0 Å². The number of nitrogens with one attached hydrogen (secondary N) is 1. The molecule has 0 spiro atoms. The van der Waals surface area contributed by atoms with Crippen molar-refractivity contribution in [2.24, 2.45) is 5.92 Å². The predicted molar refractivity (Wildman–Crippen MR) is 81.6 cm³/mol. The summed E-state index contributed by atoms with van der Waals surface area (Å²) in [7, 11) is 0. The summed E-state index contributed by atoms with van der Waals surface area (Å²) in [6.45, 7) is 2.20. The molecule has 1 saturated carbocycles. The van der Waals surface area contributed by atoms with E-state index >= 15 is 0 Å². The van der Waals surface area contributed by atoms with Crippen LogP contribution in [-0.4, -0.2) is 21.9 Å². The van der Waals surface area contributed by atoms with Crippen molar-refractivity contribution < 1.29 is 4.52 Å². The molecule has 4 nitrogen and oxygen atoms in total. The normalized spacial score (nSPS) is 30.1. The number of aromatic nitrogens is 2. The molecule has 2 heterocycles. The molecule has 1 aliphatic carbocycles. The quantitative estimate of drug-likeness (QED) is 0.839. The van der Waals surface area contributed by atoms with Gasteiger partial charge in [0.05, 0.1) is 11.8 Å². The summed E-state index contributed by atoms with van der Waals surface area (Å²) < 4.78 is 5.48. The lowest BCUT2D eigenvalue weighted by Crippen LogP contribution is -2.44. The van der Waals surface area contributed by atoms with E-state index in [-0.39, 0.29) is 6.04 Å². The van der Waals surface area contributed by atoms with Crippen LogP contribution in [0, 0.1) is 5.92 Å². The maximum Gasteiger partial charge on any atom is 0.243 e. The number of thioether (sulfide) groups is 1. The van der Waals surface area contributed by atoms with Gasteiger partial charge in [0.1, 0.15) is 0 Å². The van der Waals surface area contributed by atoms with Crippen molar-refractivity contribution in [2.75, 3.05) is 5.75 Å². The first-order valence-corrected chi connectivity index (χ1v) is 9.18. The van der Waals surface area contributed by atoms with E-state index in [0.717, 1.165) is 35.6 Å². The zero-order valence-electron chi connectivity index (χ0n) is 12.3. The molecule has 5 heteroatoms. The monoisotopic (exact) mass is 295 g/mol. The summed E-state index contributed by atoms with van der Waals surface area (Å²) in [5.74, 6) is 4.57. The fraction of sp³-hybridized carbons (Fsp3) is 0.867. The SMILES string of the molecule is CCCSCc1noc(C2CCC3CCCCC3N2)n1. The first kappa shape index (κ1) is 14.4. The Hall–Kier alpha value is -0.550. The molecule has 3 atom stereocenters. The molecule has 112 valence electrons. The minimum absolute atomic E-state index is 0.284. The molecule has 0 aromatic carbocycles. The fourth-order valence-corrected chi connectivity index (χ4v) is 4.20. The summed E-state index contributed by atoms with van der Waals surface area (Å²) in [5, 5.41) is 7.87. The van der Waals surface area contributed by atoms with Gasteiger partial charge in [-0.2, -0.15) is 16.7 Å². The van der Waals surface area contributed by atoms with Gasteiger partial charge in [-0.3, -0.25) is 0 Å². The topological polar surface area (TPSA) is 51.0 Å². The van der Waals surface area contributed by atoms with Crippen LogP contribution in [0.1, 0.15) is 69.6 Å². The van der Waals surface area contributed by atoms with Gasteiger partial charge in [0.2, 0.25) is 5.89 Å². The lowest BCUT2D eigenvalue weighted by atomic mass is 9.78. The third-order valence-corrected chi connectivity index (χ3v) is 5.67. The molecule has 2 fully saturated rings. The highest BCUT2D eigenvalue weighted by atomic mass is 32.2. The Bertz CT molecular complexity index is 423. The van der Waals surface area contributed by atoms with Gasteiger partial charge in [0.15, 0.2) is 5.82 Å². The van der Waals surface area contributed by atoms with Crippen LogP contribution in [0.4, 0.5) is 0 Å². The van der Waals surface area contributed by atoms with Crippen molar-refractivity contribution in [3.8, 4) is 0 Å². The van der Waals surface area contributed by atoms with Crippen LogP contribution in [-0.2, 0) is 5.75 Å². The highest BCUT2D eigenvalue weighted by molar-refractivity contribution is 7.98. The summed E-state index contributed by atoms with van der Waals surface area (Å²) in [6.07, 6.45) is 9.14. The molecular weight excluding hydrogens is 270 g/mol. The Morgan fingerprint density at radius 1 is 1.25 bits per heavy atom. The minimum Gasteiger partial charge on any atom is -0.338 e. The lowest BCUT2D eigenvalue weighted by Gasteiger charge is -2.39. The molecule has 1 aromatic heterocycles. The summed E-state index contributed by atoms with van der Waals surface area (Å²) >= 11 is 1.88. The molecule has 1 N–H and O–H groups in total. The van der Waals surface area contributed by atoms with Crippen LogP contribution in [0.2, 0.25) is 0 Å². The Balaban J connectivity index is 1.56. The van der Waals surface area contributed by atoms with Gasteiger partial charge in [-0.15, -0.1) is 0 Å². The van der Waals surface area contributed by atoms with Gasteiger partial charge in [0.25, 0.3) is 0 Å². The number of rotatable bonds is 5. The molecule has 1 aliphatic heterocycles. The van der Waals surface area contributed by atoms with E-state index in [1.807, 2.05) is 11.8 Å². The smallest absolute Gasteiger partial charge is 0.243 e. The van der Waals surface area contributed by atoms with Gasteiger partial charge in [-0.25, -0.2) is 0 Å². The van der Waals surface area contributed by atoms with Crippen molar-refractivity contribution in [2.45, 2.75) is 69.7 Å². The van der Waals surface area contributed by atoms with E-state index < -0.39 is 0 Å². The zero-order valence-corrected chi connectivity index (χ0v) is 13.1. The predicted octanol–water partition coefficient (Wildman–Crippen LogP) is 3.70. The van der Waals surface area contributed by atoms with Crippen molar-refractivity contribution >= 4 is 11.8 Å². The summed E-state index contributed by atoms with van der Waals surface area (Å²) in [5.41, 5.74) is 0. The standard InChI is InChI=1S/C15H25N3OS/c1-2-9-20-10-14-17-15(19-18-14)13-8-7-11-5-3-4-6-12(11)16-13/h11-13,16H,2-10H2,1H3. The van der Waals surface area contributed by atoms with Crippen molar-refractivity contribution in [1.29, 1.82) is 0 Å². The number of piperidine rings is 1. The third-order valence-electron chi connectivity index (χ3n) is 4.51. The van der Waals surface area contributed by atoms with E-state index in [1.165, 1.54) is 38.5 Å². The highest BCUT2D eigenvalue weighted by Gasteiger charge is 2.34. The zero-order chi connectivity index (χ0) is 13.8. The molecule has 3 unspecified atom stereocenters. The van der Waals surface area contributed by atoms with Crippen LogP contribution in [0.3, 0.4) is 0 Å². The van der Waals surface area contributed by atoms with Gasteiger partial charge in [-0.1, -0.05) is 24.9 Å². The van der Waals surface area contributed by atoms with Gasteiger partial charge in [-0.05, 0) is 43.8 Å². The fourth-order valence-electron chi connectivity index (χ4n) is 3.47. The van der Waals surface area contributed by atoms with Crippen LogP contribution in [0.5, 0.6) is 0 Å². The first-order chi connectivity index (χ1) is 9.86. The van der Waals surface area contributed by atoms with Gasteiger partial charge < -0.3 is 9.84 Å². The van der Waals surface area contributed by atoms with E-state index in [0.29, 0.717) is 6.04 Å². The van der Waals surface area contributed by atoms with Gasteiger partial charge >= 0.3 is 0 Å². The molecule has 0 bridgehead atoms. The maximum absolute atomic E-state index is 5.48. The van der Waals surface area contributed by atoms with Crippen LogP contribution in [0.25, 0.3) is 0 Å². The van der Waals surface area contributed by atoms with Crippen molar-refractivity contribution in [1.82, 2.24) is 15.5 Å². The highest BCUT2D eigenvalue weighted by Crippen LogP contribution is 2.36. The maximum atomic E-state index is 5.48. The number of nitrogens with zero attached hydrogens (tertiary/aromatic N) is 2. The summed E-state index contributed by atoms with van der Waals surface area (Å²) in [6, 6.07) is 0.957. The Kier molecular flexibility index (Phi) is 4.99. The summed E-state index contributed by atoms with van der Waals surface area (Å²) in [4.78, 5) is 4.58. The van der Waals surface area contributed by atoms with Crippen molar-refractivity contribution in [3.63, 3.8) is 0 Å². The second-order valence-corrected chi connectivity index (χ2v) is 7.15. The Morgan fingerprint density at radius 2 is 2.15 bits per heavy atom. The van der Waals surface area contributed by atoms with Crippen LogP contribution < -0.4 is 5.32 Å². The molecule has 1 saturated heterocycles. The minimum atomic E-state index is 0.284. The second kappa shape index (κ2) is 6.94. The van der Waals surface area contributed by atoms with Crippen molar-refractivity contribution in [3.05, 3.63) is 11.7 Å². The second-order valence-electron chi connectivity index (χ2n) is 6.05. The average Bonchev–Trinajstić information content (AvgIpc) is 2.96.